The van der Waals surface area contributed by atoms with Crippen LogP contribution >= 0.6 is 22.7 Å². The Morgan fingerprint density at radius 1 is 0.207 bits per heavy atom. The topological polar surface area (TPSA) is 45.9 Å². The molecule has 0 saturated heterocycles. The van der Waals surface area contributed by atoms with Crippen LogP contribution in [-0.2, 0) is 0 Å². The van der Waals surface area contributed by atoms with E-state index in [-0.39, 0.29) is 0 Å². The van der Waals surface area contributed by atoms with Gasteiger partial charge < -0.3 is 23.1 Å². The number of fused-ring (bicyclic) bond motifs is 17. The van der Waals surface area contributed by atoms with Crippen molar-refractivity contribution in [2.45, 2.75) is 0 Å². The van der Waals surface area contributed by atoms with Gasteiger partial charge in [-0.1, -0.05) is 158 Å². The van der Waals surface area contributed by atoms with Crippen LogP contribution in [-0.4, -0.2) is 0 Å². The van der Waals surface area contributed by atoms with Gasteiger partial charge in [-0.15, -0.1) is 22.7 Å². The van der Waals surface area contributed by atoms with Crippen molar-refractivity contribution in [3.8, 4) is 22.3 Å². The summed E-state index contributed by atoms with van der Waals surface area (Å²) in [6.45, 7) is 0. The summed E-state index contributed by atoms with van der Waals surface area (Å²) in [5, 5.41) is 15.7. The Labute approximate surface area is 505 Å². The summed E-state index contributed by atoms with van der Waals surface area (Å²) >= 11 is 3.67. The first-order chi connectivity index (χ1) is 43.1. The Balaban J connectivity index is 0.738. The number of hydrogen-bond donors (Lipinski definition) is 0. The van der Waals surface area contributed by atoms with Gasteiger partial charge in [0.25, 0.3) is 0 Å². The van der Waals surface area contributed by atoms with E-state index in [2.05, 4.69) is 289 Å². The molecule has 0 radical (unpaired) electrons. The molecule has 0 fully saturated rings. The van der Waals surface area contributed by atoms with Crippen molar-refractivity contribution < 1.29 is 13.3 Å². The van der Waals surface area contributed by atoms with Crippen LogP contribution in [0.1, 0.15) is 0 Å². The van der Waals surface area contributed by atoms with Crippen LogP contribution in [0.4, 0.5) is 34.1 Å². The fraction of sp³-hybridized carbons (Fsp3) is 0. The highest BCUT2D eigenvalue weighted by Gasteiger charge is 2.24. The lowest BCUT2D eigenvalue weighted by Gasteiger charge is -2.27. The third kappa shape index (κ3) is 7.50. The second-order valence-corrected chi connectivity index (χ2v) is 24.8. The Bertz CT molecular complexity index is 5680. The average molecular weight is 1150 g/mol. The molecule has 5 aromatic heterocycles. The lowest BCUT2D eigenvalue weighted by atomic mass is 9.96. The number of anilines is 6. The largest absolute Gasteiger partial charge is 0.456 e. The van der Waals surface area contributed by atoms with Crippen molar-refractivity contribution >= 4 is 185 Å². The number of furan rings is 3. The first kappa shape index (κ1) is 48.4. The Kier molecular flexibility index (Phi) is 10.4. The van der Waals surface area contributed by atoms with Crippen molar-refractivity contribution in [1.29, 1.82) is 0 Å². The van der Waals surface area contributed by atoms with Gasteiger partial charge in [0.1, 0.15) is 33.5 Å². The minimum absolute atomic E-state index is 0.792. The molecular weight excluding hydrogens is 1100 g/mol. The molecule has 87 heavy (non-hydrogen) atoms. The monoisotopic (exact) mass is 1150 g/mol. The molecule has 0 atom stereocenters. The molecule has 0 aliphatic carbocycles. The molecule has 0 amide bonds. The summed E-state index contributed by atoms with van der Waals surface area (Å²) in [4.78, 5) is 4.79. The smallest absolute Gasteiger partial charge is 0.137 e. The van der Waals surface area contributed by atoms with E-state index >= 15 is 0 Å². The third-order valence-electron chi connectivity index (χ3n) is 17.8. The van der Waals surface area contributed by atoms with Crippen molar-refractivity contribution in [1.82, 2.24) is 0 Å². The minimum Gasteiger partial charge on any atom is -0.456 e. The second kappa shape index (κ2) is 18.8. The highest BCUT2D eigenvalue weighted by molar-refractivity contribution is 7.26. The number of nitrogens with zero attached hydrogens (tertiary/aromatic N) is 2. The molecule has 0 unspecified atom stereocenters. The molecule has 0 aliphatic rings. The number of rotatable bonds is 8. The van der Waals surface area contributed by atoms with Crippen LogP contribution in [0.3, 0.4) is 0 Å². The van der Waals surface area contributed by atoms with Crippen LogP contribution in [0, 0.1) is 0 Å². The molecule has 19 rings (SSSR count). The quantitative estimate of drug-likeness (QED) is 0.152. The van der Waals surface area contributed by atoms with Crippen molar-refractivity contribution in [3.05, 3.63) is 279 Å². The van der Waals surface area contributed by atoms with Crippen LogP contribution in [0.15, 0.2) is 292 Å². The Morgan fingerprint density at radius 2 is 0.529 bits per heavy atom. The van der Waals surface area contributed by atoms with E-state index < -0.39 is 0 Å². The first-order valence-corrected chi connectivity index (χ1v) is 31.0. The maximum absolute atomic E-state index is 6.97. The predicted molar refractivity (Wildman–Crippen MR) is 369 cm³/mol. The Hall–Kier alpha value is -11.0. The fourth-order valence-electron chi connectivity index (χ4n) is 13.8. The van der Waals surface area contributed by atoms with Gasteiger partial charge in [0.05, 0.1) is 11.4 Å². The molecule has 5 nitrogen and oxygen atoms in total. The summed E-state index contributed by atoms with van der Waals surface area (Å²) in [5.41, 5.74) is 15.8. The molecule has 406 valence electrons. The standard InChI is InChI=1S/C80H46N2O3S2/c1-3-15-47(16-4-1)53-33-35-69(57-21-9-7-19-55(53)57)81(49-29-37-79-67(39-49)61-23-11-13-25-77(61)86-79)51-27-31-59-63-43-75-65(45-73(63)83-71(59)41-51)66-46-74-64(44-76(66)85-75)60-32-28-52(42-72(60)84-74)82(50-30-38-80-68(40-50)62-24-12-14-26-78(62)87-80)70-36-34-54(48-17-5-2-6-18-48)56-20-8-10-22-58(56)70/h1-46H. The SMILES string of the molecule is c1ccc(-c2ccc(N(c3ccc4c(c3)oc3cc5c(cc34)oc3cc4c(cc35)oc3cc(N(c5ccc6sc7ccccc7c6c5)c5ccc(-c6ccccc6)c6ccccc56)ccc34)c3ccc4sc5ccccc5c4c3)c3ccccc23)cc1. The van der Waals surface area contributed by atoms with Gasteiger partial charge in [0.2, 0.25) is 0 Å². The van der Waals surface area contributed by atoms with Crippen molar-refractivity contribution in [2.75, 3.05) is 9.80 Å². The molecule has 0 bridgehead atoms. The zero-order chi connectivity index (χ0) is 56.8. The molecule has 0 saturated carbocycles. The van der Waals surface area contributed by atoms with Crippen LogP contribution in [0.5, 0.6) is 0 Å². The van der Waals surface area contributed by atoms with E-state index in [0.29, 0.717) is 0 Å². The molecule has 19 aromatic rings. The van der Waals surface area contributed by atoms with Gasteiger partial charge in [0, 0.05) is 118 Å². The summed E-state index contributed by atoms with van der Waals surface area (Å²) in [6, 6.07) is 101. The summed E-state index contributed by atoms with van der Waals surface area (Å²) in [7, 11) is 0. The Morgan fingerprint density at radius 3 is 0.954 bits per heavy atom. The van der Waals surface area contributed by atoms with Gasteiger partial charge in [-0.3, -0.25) is 0 Å². The summed E-state index contributed by atoms with van der Waals surface area (Å²) in [6.07, 6.45) is 0. The van der Waals surface area contributed by atoms with Crippen molar-refractivity contribution in [3.63, 3.8) is 0 Å². The zero-order valence-electron chi connectivity index (χ0n) is 46.5. The number of thiophene rings is 2. The van der Waals surface area contributed by atoms with E-state index in [1.54, 1.807) is 0 Å². The molecule has 0 aliphatic heterocycles. The van der Waals surface area contributed by atoms with E-state index in [1.165, 1.54) is 73.4 Å². The maximum atomic E-state index is 6.97. The minimum atomic E-state index is 0.792. The summed E-state index contributed by atoms with van der Waals surface area (Å²) in [5.74, 6) is 0. The van der Waals surface area contributed by atoms with Gasteiger partial charge in [-0.05, 0) is 142 Å². The number of hydrogen-bond acceptors (Lipinski definition) is 7. The lowest BCUT2D eigenvalue weighted by molar-refractivity contribution is 0.662. The molecule has 0 spiro atoms. The fourth-order valence-corrected chi connectivity index (χ4v) is 16.0. The highest BCUT2D eigenvalue weighted by Crippen LogP contribution is 2.49. The zero-order valence-corrected chi connectivity index (χ0v) is 48.1. The molecule has 0 N–H and O–H groups in total. The molecule has 14 aromatic carbocycles. The second-order valence-electron chi connectivity index (χ2n) is 22.7. The van der Waals surface area contributed by atoms with E-state index in [0.717, 1.165) is 111 Å². The lowest BCUT2D eigenvalue weighted by Crippen LogP contribution is -2.10. The van der Waals surface area contributed by atoms with Gasteiger partial charge in [-0.2, -0.15) is 0 Å². The summed E-state index contributed by atoms with van der Waals surface area (Å²) < 4.78 is 25.9. The van der Waals surface area contributed by atoms with E-state index in [9.17, 15) is 0 Å². The third-order valence-corrected chi connectivity index (χ3v) is 20.1. The molecule has 7 heteroatoms. The first-order valence-electron chi connectivity index (χ1n) is 29.3. The van der Waals surface area contributed by atoms with Gasteiger partial charge in [-0.25, -0.2) is 0 Å². The van der Waals surface area contributed by atoms with E-state index in [1.807, 2.05) is 22.7 Å². The normalized spacial score (nSPS) is 12.1. The van der Waals surface area contributed by atoms with Crippen LogP contribution in [0.25, 0.3) is 150 Å². The maximum Gasteiger partial charge on any atom is 0.137 e. The van der Waals surface area contributed by atoms with Crippen molar-refractivity contribution in [2.24, 2.45) is 0 Å². The van der Waals surface area contributed by atoms with Crippen LogP contribution < -0.4 is 9.80 Å². The highest BCUT2D eigenvalue weighted by atomic mass is 32.1. The van der Waals surface area contributed by atoms with Crippen LogP contribution in [0.2, 0.25) is 0 Å². The predicted octanol–water partition coefficient (Wildman–Crippen LogP) is 24.7. The molecule has 5 heterocycles. The van der Waals surface area contributed by atoms with Gasteiger partial charge >= 0.3 is 0 Å². The van der Waals surface area contributed by atoms with E-state index in [4.69, 9.17) is 13.3 Å². The van der Waals surface area contributed by atoms with Gasteiger partial charge in [0.15, 0.2) is 0 Å². The number of benzene rings is 14. The average Bonchev–Trinajstić information content (AvgIpc) is 2.23. The molecular formula is C80H46N2O3S2.